The number of benzene rings is 1. The highest BCUT2D eigenvalue weighted by Gasteiger charge is 2.09. The summed E-state index contributed by atoms with van der Waals surface area (Å²) in [5, 5.41) is 7.61. The fourth-order valence-electron chi connectivity index (χ4n) is 1.93. The first-order chi connectivity index (χ1) is 10.7. The average molecular weight is 314 g/mol. The number of nitrogens with zero attached hydrogens (tertiary/aromatic N) is 4. The van der Waals surface area contributed by atoms with Gasteiger partial charge >= 0.3 is 0 Å². The maximum absolute atomic E-state index is 12.0. The van der Waals surface area contributed by atoms with E-state index in [-0.39, 0.29) is 11.6 Å². The molecule has 7 heteroatoms. The van der Waals surface area contributed by atoms with Crippen LogP contribution in [0.5, 0.6) is 0 Å². The normalized spacial score (nSPS) is 10.4. The van der Waals surface area contributed by atoms with Crippen LogP contribution in [0.2, 0.25) is 5.02 Å². The summed E-state index contributed by atoms with van der Waals surface area (Å²) in [6.07, 6.45) is 7.69. The van der Waals surface area contributed by atoms with Crippen LogP contribution in [0.1, 0.15) is 16.1 Å². The van der Waals surface area contributed by atoms with Crippen LogP contribution in [0, 0.1) is 0 Å². The largest absolute Gasteiger partial charge is 0.318 e. The molecule has 2 heterocycles. The molecule has 0 unspecified atom stereocenters. The van der Waals surface area contributed by atoms with E-state index in [0.717, 1.165) is 5.56 Å². The number of halogens is 1. The van der Waals surface area contributed by atoms with Gasteiger partial charge in [0.1, 0.15) is 5.69 Å². The van der Waals surface area contributed by atoms with Crippen molar-refractivity contribution in [3.63, 3.8) is 0 Å². The molecule has 0 spiro atoms. The van der Waals surface area contributed by atoms with E-state index >= 15 is 0 Å². The molecule has 0 aliphatic rings. The van der Waals surface area contributed by atoms with E-state index in [0.29, 0.717) is 17.3 Å². The van der Waals surface area contributed by atoms with Gasteiger partial charge in [0, 0.05) is 23.6 Å². The van der Waals surface area contributed by atoms with Crippen molar-refractivity contribution in [3.8, 4) is 0 Å². The summed E-state index contributed by atoms with van der Waals surface area (Å²) in [5.74, 6) is -0.328. The molecular formula is C15H12ClN5O. The Hall–Kier alpha value is -2.73. The van der Waals surface area contributed by atoms with Crippen LogP contribution in [0.3, 0.4) is 0 Å². The van der Waals surface area contributed by atoms with Gasteiger partial charge in [-0.2, -0.15) is 5.10 Å². The first kappa shape index (κ1) is 14.2. The molecule has 1 aromatic carbocycles. The molecule has 0 radical (unpaired) electrons. The van der Waals surface area contributed by atoms with Crippen molar-refractivity contribution in [3.05, 3.63) is 71.5 Å². The van der Waals surface area contributed by atoms with Gasteiger partial charge in [0.25, 0.3) is 5.91 Å². The summed E-state index contributed by atoms with van der Waals surface area (Å²) >= 11 is 6.12. The number of hydrogen-bond acceptors (Lipinski definition) is 4. The second kappa shape index (κ2) is 6.36. The number of rotatable bonds is 4. The minimum Gasteiger partial charge on any atom is -0.318 e. The van der Waals surface area contributed by atoms with Crippen LogP contribution in [0.15, 0.2) is 55.2 Å². The predicted octanol–water partition coefficient (Wildman–Crippen LogP) is 2.63. The monoisotopic (exact) mass is 313 g/mol. The van der Waals surface area contributed by atoms with Crippen LogP contribution in [-0.2, 0) is 6.54 Å². The van der Waals surface area contributed by atoms with Crippen molar-refractivity contribution in [2.75, 3.05) is 5.32 Å². The fraction of sp³-hybridized carbons (Fsp3) is 0.0667. The van der Waals surface area contributed by atoms with Crippen LogP contribution >= 0.6 is 11.6 Å². The number of nitrogens with one attached hydrogen (secondary N) is 1. The lowest BCUT2D eigenvalue weighted by atomic mass is 10.2. The lowest BCUT2D eigenvalue weighted by Crippen LogP contribution is -2.13. The fourth-order valence-corrected chi connectivity index (χ4v) is 2.12. The smallest absolute Gasteiger partial charge is 0.275 e. The Balaban J connectivity index is 1.69. The molecule has 1 N–H and O–H groups in total. The number of carbonyl (C=O) groups excluding carboxylic acids is 1. The summed E-state index contributed by atoms with van der Waals surface area (Å²) in [7, 11) is 0. The third kappa shape index (κ3) is 3.29. The van der Waals surface area contributed by atoms with Gasteiger partial charge < -0.3 is 5.32 Å². The quantitative estimate of drug-likeness (QED) is 0.803. The third-order valence-corrected chi connectivity index (χ3v) is 3.35. The number of aromatic nitrogens is 4. The lowest BCUT2D eigenvalue weighted by Gasteiger charge is -2.04. The second-order valence-electron chi connectivity index (χ2n) is 4.56. The average Bonchev–Trinajstić information content (AvgIpc) is 2.97. The van der Waals surface area contributed by atoms with Crippen molar-refractivity contribution >= 4 is 23.2 Å². The molecule has 0 bridgehead atoms. The first-order valence-corrected chi connectivity index (χ1v) is 6.93. The minimum absolute atomic E-state index is 0.251. The van der Waals surface area contributed by atoms with Gasteiger partial charge in [-0.05, 0) is 11.6 Å². The lowest BCUT2D eigenvalue weighted by molar-refractivity contribution is 0.102. The van der Waals surface area contributed by atoms with Crippen LogP contribution in [0.4, 0.5) is 5.69 Å². The van der Waals surface area contributed by atoms with Gasteiger partial charge in [0.2, 0.25) is 0 Å². The summed E-state index contributed by atoms with van der Waals surface area (Å²) < 4.78 is 1.70. The van der Waals surface area contributed by atoms with Gasteiger partial charge in [-0.1, -0.05) is 29.8 Å². The van der Waals surface area contributed by atoms with Crippen LogP contribution in [-0.4, -0.2) is 25.7 Å². The Kier molecular flexibility index (Phi) is 4.11. The van der Waals surface area contributed by atoms with Crippen molar-refractivity contribution in [1.82, 2.24) is 19.7 Å². The molecule has 3 rings (SSSR count). The summed E-state index contributed by atoms with van der Waals surface area (Å²) in [4.78, 5) is 19.8. The summed E-state index contributed by atoms with van der Waals surface area (Å²) in [5.41, 5.74) is 1.79. The topological polar surface area (TPSA) is 72.7 Å². The van der Waals surface area contributed by atoms with Crippen molar-refractivity contribution in [2.45, 2.75) is 6.54 Å². The van der Waals surface area contributed by atoms with E-state index in [1.54, 1.807) is 17.1 Å². The predicted molar refractivity (Wildman–Crippen MR) is 82.8 cm³/mol. The second-order valence-corrected chi connectivity index (χ2v) is 4.97. The van der Waals surface area contributed by atoms with Crippen molar-refractivity contribution in [1.29, 1.82) is 0 Å². The molecule has 0 aliphatic carbocycles. The van der Waals surface area contributed by atoms with E-state index in [1.807, 2.05) is 24.3 Å². The first-order valence-electron chi connectivity index (χ1n) is 6.55. The molecule has 22 heavy (non-hydrogen) atoms. The van der Waals surface area contributed by atoms with E-state index < -0.39 is 0 Å². The zero-order valence-electron chi connectivity index (χ0n) is 11.5. The zero-order chi connectivity index (χ0) is 15.4. The Morgan fingerprint density at radius 3 is 2.86 bits per heavy atom. The highest BCUT2D eigenvalue weighted by atomic mass is 35.5. The molecule has 2 aromatic heterocycles. The SMILES string of the molecule is O=C(Nc1cnn(Cc2ccccc2Cl)c1)c1cnccn1. The zero-order valence-corrected chi connectivity index (χ0v) is 12.2. The molecule has 3 aromatic rings. The van der Waals surface area contributed by atoms with Crippen LogP contribution < -0.4 is 5.32 Å². The molecule has 110 valence electrons. The third-order valence-electron chi connectivity index (χ3n) is 2.98. The highest BCUT2D eigenvalue weighted by Crippen LogP contribution is 2.17. The van der Waals surface area contributed by atoms with E-state index in [1.165, 1.54) is 18.6 Å². The number of carbonyl (C=O) groups is 1. The van der Waals surface area contributed by atoms with Gasteiger partial charge in [0.15, 0.2) is 0 Å². The number of hydrogen-bond donors (Lipinski definition) is 1. The van der Waals surface area contributed by atoms with Crippen LogP contribution in [0.25, 0.3) is 0 Å². The Labute approximate surface area is 131 Å². The van der Waals surface area contributed by atoms with Gasteiger partial charge in [0.05, 0.1) is 24.6 Å². The van der Waals surface area contributed by atoms with E-state index in [2.05, 4.69) is 20.4 Å². The molecule has 0 atom stereocenters. The number of anilines is 1. The molecular weight excluding hydrogens is 302 g/mol. The Bertz CT molecular complexity index is 787. The maximum Gasteiger partial charge on any atom is 0.275 e. The minimum atomic E-state index is -0.328. The number of amides is 1. The molecule has 0 saturated heterocycles. The summed E-state index contributed by atoms with van der Waals surface area (Å²) in [6, 6.07) is 7.56. The molecule has 6 nitrogen and oxygen atoms in total. The van der Waals surface area contributed by atoms with E-state index in [4.69, 9.17) is 11.6 Å². The molecule has 0 saturated carbocycles. The van der Waals surface area contributed by atoms with E-state index in [9.17, 15) is 4.79 Å². The van der Waals surface area contributed by atoms with Gasteiger partial charge in [-0.15, -0.1) is 0 Å². The van der Waals surface area contributed by atoms with Crippen molar-refractivity contribution < 1.29 is 4.79 Å². The Morgan fingerprint density at radius 2 is 2.09 bits per heavy atom. The standard InChI is InChI=1S/C15H12ClN5O/c16-13-4-2-1-3-11(13)9-21-10-12(7-19-21)20-15(22)14-8-17-5-6-18-14/h1-8,10H,9H2,(H,20,22). The summed E-state index contributed by atoms with van der Waals surface area (Å²) in [6.45, 7) is 0.528. The highest BCUT2D eigenvalue weighted by molar-refractivity contribution is 6.31. The Morgan fingerprint density at radius 1 is 1.23 bits per heavy atom. The maximum atomic E-state index is 12.0. The van der Waals surface area contributed by atoms with Gasteiger partial charge in [-0.3, -0.25) is 14.5 Å². The molecule has 0 fully saturated rings. The molecule has 1 amide bonds. The molecule has 0 aliphatic heterocycles. The van der Waals surface area contributed by atoms with Crippen molar-refractivity contribution in [2.24, 2.45) is 0 Å². The van der Waals surface area contributed by atoms with Gasteiger partial charge in [-0.25, -0.2) is 4.98 Å².